The fourth-order valence-corrected chi connectivity index (χ4v) is 2.18. The van der Waals surface area contributed by atoms with E-state index in [1.165, 1.54) is 24.3 Å². The fourth-order valence-electron chi connectivity index (χ4n) is 1.93. The smallest absolute Gasteiger partial charge is 0.261 e. The first-order chi connectivity index (χ1) is 10.9. The second-order valence-electron chi connectivity index (χ2n) is 4.83. The Labute approximate surface area is 133 Å². The van der Waals surface area contributed by atoms with Gasteiger partial charge in [0.15, 0.2) is 5.71 Å². The molecule has 0 saturated carbocycles. The van der Waals surface area contributed by atoms with Gasteiger partial charge in [0.05, 0.1) is 0 Å². The molecule has 0 unspecified atom stereocenters. The van der Waals surface area contributed by atoms with Gasteiger partial charge in [0.1, 0.15) is 0 Å². The van der Waals surface area contributed by atoms with Crippen LogP contribution < -0.4 is 0 Å². The molecule has 0 fully saturated rings. The Kier molecular flexibility index (Phi) is 4.53. The first-order valence-corrected chi connectivity index (χ1v) is 7.78. The quantitative estimate of drug-likeness (QED) is 0.354. The number of alkyl halides is 5. The molecular formula is C14H10F5NO3S. The number of nitrogens with zero attached hydrogens (tertiary/aromatic N) is 1. The first kappa shape index (κ1) is 18.1. The molecule has 0 spiro atoms. The van der Waals surface area contributed by atoms with Crippen molar-refractivity contribution >= 4 is 26.6 Å². The summed E-state index contributed by atoms with van der Waals surface area (Å²) in [5, 5.41) is 3.39. The average molecular weight is 367 g/mol. The molecular weight excluding hydrogens is 357 g/mol. The molecule has 4 nitrogen and oxygen atoms in total. The topological polar surface area (TPSA) is 55.7 Å². The lowest BCUT2D eigenvalue weighted by molar-refractivity contribution is -0.0543. The summed E-state index contributed by atoms with van der Waals surface area (Å²) in [7, 11) is -6.14. The highest BCUT2D eigenvalue weighted by Gasteiger charge is 2.49. The van der Waals surface area contributed by atoms with E-state index in [0.717, 1.165) is 0 Å². The van der Waals surface area contributed by atoms with E-state index in [0.29, 0.717) is 12.3 Å². The van der Waals surface area contributed by atoms with Crippen LogP contribution in [-0.2, 0) is 14.4 Å². The van der Waals surface area contributed by atoms with Gasteiger partial charge in [0.25, 0.3) is 5.92 Å². The van der Waals surface area contributed by atoms with E-state index < -0.39 is 27.3 Å². The SMILES string of the molecule is CC(F)(F)C(=NOS(=O)(=O)C(F)(F)F)c1cccc2ccccc12. The molecule has 2 aromatic carbocycles. The molecule has 0 amide bonds. The highest BCUT2D eigenvalue weighted by Crippen LogP contribution is 2.29. The molecule has 0 radical (unpaired) electrons. The largest absolute Gasteiger partial charge is 0.536 e. The van der Waals surface area contributed by atoms with Crippen LogP contribution in [0.1, 0.15) is 12.5 Å². The number of oxime groups is 1. The molecule has 0 heterocycles. The van der Waals surface area contributed by atoms with Crippen LogP contribution in [-0.4, -0.2) is 25.6 Å². The third-order valence-electron chi connectivity index (χ3n) is 2.97. The Bertz CT molecular complexity index is 880. The van der Waals surface area contributed by atoms with Crippen LogP contribution in [0.25, 0.3) is 10.8 Å². The average Bonchev–Trinajstić information content (AvgIpc) is 2.45. The molecule has 2 rings (SSSR count). The van der Waals surface area contributed by atoms with Gasteiger partial charge >= 0.3 is 15.6 Å². The van der Waals surface area contributed by atoms with Gasteiger partial charge in [-0.1, -0.05) is 47.6 Å². The number of hydrogen-bond acceptors (Lipinski definition) is 4. The summed E-state index contributed by atoms with van der Waals surface area (Å²) < 4.78 is 89.6. The molecule has 2 aromatic rings. The zero-order valence-electron chi connectivity index (χ0n) is 12.0. The maximum absolute atomic E-state index is 13.8. The summed E-state index contributed by atoms with van der Waals surface area (Å²) in [6.07, 6.45) is 0. The predicted octanol–water partition coefficient (Wildman–Crippen LogP) is 4.07. The number of rotatable bonds is 4. The summed E-state index contributed by atoms with van der Waals surface area (Å²) in [6.45, 7) is 0.372. The lowest BCUT2D eigenvalue weighted by atomic mass is 9.98. The van der Waals surface area contributed by atoms with E-state index in [9.17, 15) is 30.4 Å². The lowest BCUT2D eigenvalue weighted by Crippen LogP contribution is -2.29. The maximum Gasteiger partial charge on any atom is 0.536 e. The van der Waals surface area contributed by atoms with E-state index in [2.05, 4.69) is 9.44 Å². The molecule has 0 aliphatic carbocycles. The van der Waals surface area contributed by atoms with Gasteiger partial charge in [-0.2, -0.15) is 30.4 Å². The van der Waals surface area contributed by atoms with Crippen molar-refractivity contribution in [3.63, 3.8) is 0 Å². The number of fused-ring (bicyclic) bond motifs is 1. The molecule has 10 heteroatoms. The number of benzene rings is 2. The van der Waals surface area contributed by atoms with Crippen molar-refractivity contribution in [3.05, 3.63) is 48.0 Å². The van der Waals surface area contributed by atoms with Crippen LogP contribution in [0.15, 0.2) is 47.6 Å². The summed E-state index contributed by atoms with van der Waals surface area (Å²) in [5.41, 5.74) is -7.24. The van der Waals surface area contributed by atoms with Crippen molar-refractivity contribution in [1.82, 2.24) is 0 Å². The Morgan fingerprint density at radius 2 is 1.58 bits per heavy atom. The predicted molar refractivity (Wildman–Crippen MR) is 77.2 cm³/mol. The van der Waals surface area contributed by atoms with Crippen molar-refractivity contribution < 1.29 is 34.7 Å². The van der Waals surface area contributed by atoms with Gasteiger partial charge in [0, 0.05) is 12.5 Å². The molecule has 0 aliphatic rings. The lowest BCUT2D eigenvalue weighted by Gasteiger charge is -2.15. The van der Waals surface area contributed by atoms with Crippen molar-refractivity contribution in [2.24, 2.45) is 5.16 Å². The molecule has 0 saturated heterocycles. The number of halogens is 5. The van der Waals surface area contributed by atoms with Gasteiger partial charge in [-0.3, -0.25) is 4.28 Å². The van der Waals surface area contributed by atoms with Crippen LogP contribution in [0.2, 0.25) is 0 Å². The molecule has 0 N–H and O–H groups in total. The van der Waals surface area contributed by atoms with E-state index in [1.807, 2.05) is 0 Å². The minimum Gasteiger partial charge on any atom is -0.261 e. The van der Waals surface area contributed by atoms with Gasteiger partial charge in [0.2, 0.25) is 0 Å². The summed E-state index contributed by atoms with van der Waals surface area (Å²) in [5.74, 6) is -3.74. The second-order valence-corrected chi connectivity index (χ2v) is 6.35. The van der Waals surface area contributed by atoms with E-state index in [1.54, 1.807) is 18.2 Å². The van der Waals surface area contributed by atoms with Gasteiger partial charge in [-0.15, -0.1) is 0 Å². The highest BCUT2D eigenvalue weighted by molar-refractivity contribution is 7.87. The Balaban J connectivity index is 2.61. The highest BCUT2D eigenvalue weighted by atomic mass is 32.2. The Hall–Kier alpha value is -2.23. The van der Waals surface area contributed by atoms with Crippen LogP contribution in [0.5, 0.6) is 0 Å². The third-order valence-corrected chi connectivity index (χ3v) is 3.81. The molecule has 0 aliphatic heterocycles. The van der Waals surface area contributed by atoms with Crippen molar-refractivity contribution in [2.75, 3.05) is 0 Å². The van der Waals surface area contributed by atoms with Crippen LogP contribution >= 0.6 is 0 Å². The van der Waals surface area contributed by atoms with Crippen LogP contribution in [0.4, 0.5) is 22.0 Å². The summed E-state index contributed by atoms with van der Waals surface area (Å²) in [6, 6.07) is 10.4. The first-order valence-electron chi connectivity index (χ1n) is 6.38. The van der Waals surface area contributed by atoms with Crippen molar-refractivity contribution in [3.8, 4) is 0 Å². The van der Waals surface area contributed by atoms with Gasteiger partial charge < -0.3 is 0 Å². The zero-order chi connectivity index (χ0) is 18.2. The normalized spacial score (nSPS) is 14.0. The van der Waals surface area contributed by atoms with Crippen molar-refractivity contribution in [1.29, 1.82) is 0 Å². The second kappa shape index (κ2) is 6.00. The molecule has 130 valence electrons. The summed E-state index contributed by atoms with van der Waals surface area (Å²) in [4.78, 5) is 0. The minimum absolute atomic E-state index is 0.238. The minimum atomic E-state index is -6.14. The number of hydrogen-bond donors (Lipinski definition) is 0. The molecule has 0 bridgehead atoms. The van der Waals surface area contributed by atoms with E-state index >= 15 is 0 Å². The monoisotopic (exact) mass is 367 g/mol. The van der Waals surface area contributed by atoms with E-state index in [-0.39, 0.29) is 10.9 Å². The molecule has 0 atom stereocenters. The van der Waals surface area contributed by atoms with Gasteiger partial charge in [-0.05, 0) is 10.8 Å². The molecule has 24 heavy (non-hydrogen) atoms. The van der Waals surface area contributed by atoms with E-state index in [4.69, 9.17) is 0 Å². The third kappa shape index (κ3) is 3.64. The van der Waals surface area contributed by atoms with Crippen molar-refractivity contribution in [2.45, 2.75) is 18.4 Å². The molecule has 0 aromatic heterocycles. The fraction of sp³-hybridized carbons (Fsp3) is 0.214. The van der Waals surface area contributed by atoms with Crippen LogP contribution in [0, 0.1) is 0 Å². The zero-order valence-corrected chi connectivity index (χ0v) is 12.8. The van der Waals surface area contributed by atoms with Crippen LogP contribution in [0.3, 0.4) is 0 Å². The van der Waals surface area contributed by atoms with Gasteiger partial charge in [-0.25, -0.2) is 0 Å². The summed E-state index contributed by atoms with van der Waals surface area (Å²) >= 11 is 0. The standard InChI is InChI=1S/C14H10F5NO3S/c1-13(15,16)12(20-23-24(21,22)14(17,18)19)11-8-4-6-9-5-2-3-7-10(9)11/h2-8H,1H3. The maximum atomic E-state index is 13.8. The Morgan fingerprint density at radius 3 is 2.17 bits per heavy atom. The Morgan fingerprint density at radius 1 is 1.00 bits per heavy atom.